The van der Waals surface area contributed by atoms with Crippen molar-refractivity contribution in [3.63, 3.8) is 0 Å². The number of rotatable bonds is 6. The summed E-state index contributed by atoms with van der Waals surface area (Å²) in [5, 5.41) is 31.2. The van der Waals surface area contributed by atoms with Crippen LogP contribution in [0.4, 0.5) is 0 Å². The van der Waals surface area contributed by atoms with Crippen LogP contribution in [0.3, 0.4) is 0 Å². The van der Waals surface area contributed by atoms with E-state index in [9.17, 15) is 10.2 Å². The van der Waals surface area contributed by atoms with Crippen molar-refractivity contribution in [1.82, 2.24) is 14.1 Å². The Morgan fingerprint density at radius 2 is 1.52 bits per heavy atom. The lowest BCUT2D eigenvalue weighted by molar-refractivity contribution is 0.426. The molecule has 0 spiro atoms. The number of fused-ring (bicyclic) bond motifs is 2. The molecule has 5 aromatic rings. The van der Waals surface area contributed by atoms with E-state index in [2.05, 4.69) is 15.6 Å². The summed E-state index contributed by atoms with van der Waals surface area (Å²) in [6, 6.07) is 16.1. The molecule has 7 nitrogen and oxygen atoms in total. The summed E-state index contributed by atoms with van der Waals surface area (Å²) in [5.74, 6) is 0.633. The van der Waals surface area contributed by atoms with E-state index in [1.54, 1.807) is 0 Å². The highest BCUT2D eigenvalue weighted by Crippen LogP contribution is 2.49. The van der Waals surface area contributed by atoms with Gasteiger partial charge in [0.1, 0.15) is 0 Å². The van der Waals surface area contributed by atoms with Crippen LogP contribution in [0.25, 0.3) is 44.1 Å². The van der Waals surface area contributed by atoms with E-state index in [-0.39, 0.29) is 16.9 Å². The normalized spacial score (nSPS) is 11.5. The number of nitrogens with two attached hydrogens (primary N) is 1. The number of aromatic amines is 1. The number of H-pyrrole nitrogens is 1. The maximum Gasteiger partial charge on any atom is 0.200 e. The number of aryl methyl sites for hydroxylation is 2. The van der Waals surface area contributed by atoms with Crippen molar-refractivity contribution in [2.24, 2.45) is 12.8 Å². The molecule has 3 aromatic heterocycles. The van der Waals surface area contributed by atoms with Crippen LogP contribution < -0.4 is 5.73 Å². The zero-order valence-electron chi connectivity index (χ0n) is 18.2. The Hall–Kier alpha value is -3.78. The molecule has 33 heavy (non-hydrogen) atoms. The van der Waals surface area contributed by atoms with E-state index in [4.69, 9.17) is 11.1 Å². The molecule has 0 fully saturated rings. The van der Waals surface area contributed by atoms with E-state index >= 15 is 0 Å². The fraction of sp³-hybridized carbons (Fsp3) is 0.160. The van der Waals surface area contributed by atoms with Gasteiger partial charge in [-0.3, -0.25) is 10.4 Å². The van der Waals surface area contributed by atoms with Crippen molar-refractivity contribution in [1.29, 1.82) is 5.41 Å². The average molecular weight is 460 g/mol. The Bertz CT molecular complexity index is 1490. The van der Waals surface area contributed by atoms with Gasteiger partial charge in [-0.2, -0.15) is 0 Å². The molecule has 168 valence electrons. The van der Waals surface area contributed by atoms with Crippen molar-refractivity contribution in [2.75, 3.05) is 5.75 Å². The zero-order chi connectivity index (χ0) is 23.1. The molecule has 0 bridgehead atoms. The lowest BCUT2D eigenvalue weighted by Crippen LogP contribution is -2.05. The van der Waals surface area contributed by atoms with Gasteiger partial charge in [0.15, 0.2) is 16.9 Å². The number of thioether (sulfide) groups is 1. The standard InChI is InChI=1S/C25H25N5O2S/c1-29-13-17(15-7-2-4-9-19(15)29)21-22(24(32)28-23(21)31)18-14-30(11-6-12-33-25(26)27)20-10-5-3-8-16(18)20/h2-5,7-10,13-14,28,31-32H,6,11-12H2,1H3,(H3,26,27). The van der Waals surface area contributed by atoms with Gasteiger partial charge in [-0.1, -0.05) is 48.2 Å². The Labute approximate surface area is 195 Å². The maximum atomic E-state index is 10.9. The Morgan fingerprint density at radius 1 is 0.939 bits per heavy atom. The van der Waals surface area contributed by atoms with Crippen molar-refractivity contribution in [2.45, 2.75) is 13.0 Å². The monoisotopic (exact) mass is 459 g/mol. The molecule has 0 unspecified atom stereocenters. The van der Waals surface area contributed by atoms with E-state index in [1.165, 1.54) is 11.8 Å². The third kappa shape index (κ3) is 3.62. The summed E-state index contributed by atoms with van der Waals surface area (Å²) >= 11 is 1.34. The number of nitrogens with one attached hydrogen (secondary N) is 2. The minimum Gasteiger partial charge on any atom is -0.494 e. The van der Waals surface area contributed by atoms with E-state index in [0.717, 1.165) is 51.7 Å². The molecule has 0 aliphatic rings. The third-order valence-electron chi connectivity index (χ3n) is 5.99. The number of hydrogen-bond donors (Lipinski definition) is 5. The van der Waals surface area contributed by atoms with Crippen LogP contribution in [0.15, 0.2) is 60.9 Å². The highest BCUT2D eigenvalue weighted by Gasteiger charge is 2.25. The van der Waals surface area contributed by atoms with Crippen LogP contribution in [0.1, 0.15) is 6.42 Å². The van der Waals surface area contributed by atoms with Crippen LogP contribution >= 0.6 is 11.8 Å². The summed E-state index contributed by atoms with van der Waals surface area (Å²) in [5.41, 5.74) is 10.4. The van der Waals surface area contributed by atoms with Crippen molar-refractivity contribution < 1.29 is 10.2 Å². The second-order valence-electron chi connectivity index (χ2n) is 8.06. The molecular formula is C25H25N5O2S. The van der Waals surface area contributed by atoms with Gasteiger partial charge < -0.3 is 25.1 Å². The minimum atomic E-state index is -0.0644. The predicted octanol–water partition coefficient (Wildman–Crippen LogP) is 5.22. The first-order valence-electron chi connectivity index (χ1n) is 10.7. The van der Waals surface area contributed by atoms with Crippen LogP contribution in [0.5, 0.6) is 11.8 Å². The van der Waals surface area contributed by atoms with Gasteiger partial charge in [0.05, 0.1) is 11.1 Å². The predicted molar refractivity (Wildman–Crippen MR) is 136 cm³/mol. The first-order chi connectivity index (χ1) is 16.0. The summed E-state index contributed by atoms with van der Waals surface area (Å²) in [4.78, 5) is 2.74. The lowest BCUT2D eigenvalue weighted by Gasteiger charge is -2.05. The van der Waals surface area contributed by atoms with Gasteiger partial charge in [0, 0.05) is 64.7 Å². The average Bonchev–Trinajstić information content (AvgIpc) is 3.42. The second-order valence-corrected chi connectivity index (χ2v) is 9.20. The number of amidine groups is 1. The van der Waals surface area contributed by atoms with E-state index in [0.29, 0.717) is 11.1 Å². The maximum absolute atomic E-state index is 10.9. The summed E-state index contributed by atoms with van der Waals surface area (Å²) in [7, 11) is 1.97. The topological polar surface area (TPSA) is 116 Å². The van der Waals surface area contributed by atoms with Gasteiger partial charge in [-0.25, -0.2) is 0 Å². The van der Waals surface area contributed by atoms with Gasteiger partial charge in [0.2, 0.25) is 0 Å². The minimum absolute atomic E-state index is 0.0615. The quantitative estimate of drug-likeness (QED) is 0.136. The molecule has 8 heteroatoms. The van der Waals surface area contributed by atoms with Gasteiger partial charge in [-0.15, -0.1) is 0 Å². The number of aromatic hydroxyl groups is 2. The van der Waals surface area contributed by atoms with Crippen LogP contribution in [0.2, 0.25) is 0 Å². The number of hydrogen-bond acceptors (Lipinski definition) is 4. The largest absolute Gasteiger partial charge is 0.494 e. The molecule has 0 saturated heterocycles. The molecule has 6 N–H and O–H groups in total. The molecule has 0 amide bonds. The summed E-state index contributed by atoms with van der Waals surface area (Å²) in [6.07, 6.45) is 4.86. The Kier molecular flexibility index (Phi) is 5.30. The zero-order valence-corrected chi connectivity index (χ0v) is 19.0. The smallest absolute Gasteiger partial charge is 0.200 e. The van der Waals surface area contributed by atoms with E-state index in [1.807, 2.05) is 66.5 Å². The van der Waals surface area contributed by atoms with Crippen LogP contribution in [-0.2, 0) is 13.6 Å². The lowest BCUT2D eigenvalue weighted by atomic mass is 9.97. The number of para-hydroxylation sites is 2. The van der Waals surface area contributed by atoms with Crippen LogP contribution in [0, 0.1) is 5.41 Å². The van der Waals surface area contributed by atoms with E-state index < -0.39 is 0 Å². The molecular weight excluding hydrogens is 434 g/mol. The molecule has 0 aliphatic heterocycles. The first-order valence-corrected chi connectivity index (χ1v) is 11.7. The molecule has 0 atom stereocenters. The molecule has 5 rings (SSSR count). The van der Waals surface area contributed by atoms with Crippen molar-refractivity contribution in [3.8, 4) is 34.0 Å². The van der Waals surface area contributed by atoms with Crippen molar-refractivity contribution in [3.05, 3.63) is 60.9 Å². The highest BCUT2D eigenvalue weighted by molar-refractivity contribution is 8.13. The Balaban J connectivity index is 1.67. The molecule has 3 heterocycles. The first kappa shape index (κ1) is 21.1. The number of benzene rings is 2. The van der Waals surface area contributed by atoms with Gasteiger partial charge >= 0.3 is 0 Å². The van der Waals surface area contributed by atoms with Gasteiger partial charge in [-0.05, 0) is 18.6 Å². The number of aromatic nitrogens is 3. The molecule has 0 aliphatic carbocycles. The molecule has 0 radical (unpaired) electrons. The highest BCUT2D eigenvalue weighted by atomic mass is 32.2. The fourth-order valence-electron chi connectivity index (χ4n) is 4.59. The van der Waals surface area contributed by atoms with Crippen molar-refractivity contribution >= 4 is 38.7 Å². The Morgan fingerprint density at radius 3 is 2.18 bits per heavy atom. The molecule has 2 aromatic carbocycles. The van der Waals surface area contributed by atoms with Gasteiger partial charge in [0.25, 0.3) is 0 Å². The summed E-state index contributed by atoms with van der Waals surface area (Å²) < 4.78 is 4.18. The second kappa shape index (κ2) is 8.29. The fourth-order valence-corrected chi connectivity index (χ4v) is 5.08. The number of nitrogens with zero attached hydrogens (tertiary/aromatic N) is 2. The van der Waals surface area contributed by atoms with Crippen LogP contribution in [-0.4, -0.2) is 35.3 Å². The SMILES string of the molecule is Cn1cc(-c2c(O)[nH]c(O)c2-c2cn(CCCSC(=N)N)c3ccccc23)c2ccccc21. The molecule has 0 saturated carbocycles. The third-order valence-corrected chi connectivity index (χ3v) is 6.79. The summed E-state index contributed by atoms with van der Waals surface area (Å²) in [6.45, 7) is 0.752.